The van der Waals surface area contributed by atoms with E-state index in [1.807, 2.05) is 18.5 Å². The number of carbonyl (C=O) groups excluding carboxylic acids is 1. The van der Waals surface area contributed by atoms with E-state index >= 15 is 0 Å². The lowest BCUT2D eigenvalue weighted by atomic mass is 10.0. The zero-order valence-electron chi connectivity index (χ0n) is 11.8. The van der Waals surface area contributed by atoms with Gasteiger partial charge in [0.15, 0.2) is 0 Å². The van der Waals surface area contributed by atoms with Crippen LogP contribution in [-0.4, -0.2) is 17.5 Å². The Hall–Kier alpha value is -2.08. The average molecular weight is 303 g/mol. The summed E-state index contributed by atoms with van der Waals surface area (Å²) in [6.45, 7) is 2.57. The quantitative estimate of drug-likeness (QED) is 0.851. The van der Waals surface area contributed by atoms with Crippen LogP contribution in [0.5, 0.6) is 5.75 Å². The summed E-state index contributed by atoms with van der Waals surface area (Å²) in [5.74, 6) is 0.725. The van der Waals surface area contributed by atoms with E-state index in [2.05, 4.69) is 10.3 Å². The van der Waals surface area contributed by atoms with Crippen LogP contribution >= 0.6 is 11.3 Å². The normalized spacial score (nSPS) is 13.7. The molecule has 0 saturated heterocycles. The number of hydrogen-bond donors (Lipinski definition) is 2. The predicted octanol–water partition coefficient (Wildman–Crippen LogP) is 2.54. The summed E-state index contributed by atoms with van der Waals surface area (Å²) >= 11 is 1.64. The van der Waals surface area contributed by atoms with Gasteiger partial charge in [-0.2, -0.15) is 0 Å². The number of anilines is 2. The number of fused-ring (bicyclic) bond motifs is 1. The van der Waals surface area contributed by atoms with Gasteiger partial charge in [0.05, 0.1) is 23.5 Å². The first-order valence-corrected chi connectivity index (χ1v) is 7.75. The van der Waals surface area contributed by atoms with Crippen molar-refractivity contribution >= 4 is 28.6 Å². The van der Waals surface area contributed by atoms with Crippen LogP contribution in [0.25, 0.3) is 0 Å². The van der Waals surface area contributed by atoms with Crippen molar-refractivity contribution in [2.45, 2.75) is 26.2 Å². The minimum Gasteiger partial charge on any atom is -0.491 e. The predicted molar refractivity (Wildman–Crippen MR) is 83.9 cm³/mol. The van der Waals surface area contributed by atoms with Crippen molar-refractivity contribution in [3.8, 4) is 5.75 Å². The summed E-state index contributed by atoms with van der Waals surface area (Å²) in [6, 6.07) is 3.71. The molecule has 0 fully saturated rings. The van der Waals surface area contributed by atoms with E-state index in [1.165, 1.54) is 4.88 Å². The smallest absolute Gasteiger partial charge is 0.224 e. The number of hydrogen-bond acceptors (Lipinski definition) is 5. The van der Waals surface area contributed by atoms with Crippen LogP contribution < -0.4 is 15.8 Å². The Morgan fingerprint density at radius 1 is 1.43 bits per heavy atom. The molecule has 3 rings (SSSR count). The molecule has 21 heavy (non-hydrogen) atoms. The van der Waals surface area contributed by atoms with E-state index in [0.29, 0.717) is 24.5 Å². The second-order valence-electron chi connectivity index (χ2n) is 5.05. The van der Waals surface area contributed by atoms with Gasteiger partial charge in [0.25, 0.3) is 0 Å². The van der Waals surface area contributed by atoms with Crippen molar-refractivity contribution in [3.63, 3.8) is 0 Å². The van der Waals surface area contributed by atoms with Gasteiger partial charge in [-0.1, -0.05) is 0 Å². The van der Waals surface area contributed by atoms with Crippen LogP contribution in [0.15, 0.2) is 17.6 Å². The van der Waals surface area contributed by atoms with Crippen LogP contribution in [-0.2, 0) is 17.6 Å². The van der Waals surface area contributed by atoms with Crippen LogP contribution in [0.2, 0.25) is 0 Å². The second kappa shape index (κ2) is 5.73. The van der Waals surface area contributed by atoms with Crippen LogP contribution in [0.4, 0.5) is 11.4 Å². The number of ether oxygens (including phenoxy) is 1. The molecule has 3 N–H and O–H groups in total. The number of nitrogens with zero attached hydrogens (tertiary/aromatic N) is 1. The number of benzene rings is 1. The summed E-state index contributed by atoms with van der Waals surface area (Å²) in [4.78, 5) is 16.8. The van der Waals surface area contributed by atoms with E-state index in [9.17, 15) is 4.79 Å². The molecule has 2 heterocycles. The summed E-state index contributed by atoms with van der Waals surface area (Å²) in [5, 5.41) is 2.83. The number of amides is 1. The topological polar surface area (TPSA) is 77.2 Å². The van der Waals surface area contributed by atoms with Gasteiger partial charge in [-0.15, -0.1) is 11.3 Å². The van der Waals surface area contributed by atoms with Crippen molar-refractivity contribution in [1.29, 1.82) is 0 Å². The maximum absolute atomic E-state index is 11.4. The summed E-state index contributed by atoms with van der Waals surface area (Å²) in [6.07, 6.45) is 2.06. The van der Waals surface area contributed by atoms with Gasteiger partial charge >= 0.3 is 0 Å². The highest BCUT2D eigenvalue weighted by Gasteiger charge is 2.17. The fourth-order valence-corrected chi connectivity index (χ4v) is 3.13. The maximum atomic E-state index is 11.4. The van der Waals surface area contributed by atoms with E-state index in [4.69, 9.17) is 10.5 Å². The highest BCUT2D eigenvalue weighted by molar-refractivity contribution is 7.09. The molecule has 1 aliphatic rings. The highest BCUT2D eigenvalue weighted by atomic mass is 32.1. The van der Waals surface area contributed by atoms with Gasteiger partial charge in [-0.3, -0.25) is 4.79 Å². The van der Waals surface area contributed by atoms with Crippen molar-refractivity contribution < 1.29 is 9.53 Å². The molecule has 6 heteroatoms. The van der Waals surface area contributed by atoms with Crippen molar-refractivity contribution in [2.24, 2.45) is 0 Å². The standard InChI is InChI=1S/C15H17N3O2S/c1-9-14(21-8-17-9)4-5-20-13-6-10-2-3-15(19)18-12(10)7-11(13)16/h6-8H,2-5,16H2,1H3,(H,18,19). The molecule has 0 aliphatic carbocycles. The lowest BCUT2D eigenvalue weighted by Gasteiger charge is -2.19. The first-order valence-electron chi connectivity index (χ1n) is 6.87. The summed E-state index contributed by atoms with van der Waals surface area (Å²) < 4.78 is 5.80. The first-order chi connectivity index (χ1) is 10.1. The monoisotopic (exact) mass is 303 g/mol. The second-order valence-corrected chi connectivity index (χ2v) is 5.99. The van der Waals surface area contributed by atoms with Gasteiger partial charge in [-0.25, -0.2) is 4.98 Å². The molecule has 1 amide bonds. The number of aryl methyl sites for hydroxylation is 2. The van der Waals surface area contributed by atoms with Crippen LogP contribution in [0.1, 0.15) is 22.6 Å². The molecule has 0 atom stereocenters. The molecule has 0 radical (unpaired) electrons. The zero-order chi connectivity index (χ0) is 14.8. The Labute approximate surface area is 127 Å². The molecule has 0 bridgehead atoms. The number of nitrogens with one attached hydrogen (secondary N) is 1. The Bertz CT molecular complexity index is 682. The molecule has 1 aromatic heterocycles. The fraction of sp³-hybridized carbons (Fsp3) is 0.333. The largest absolute Gasteiger partial charge is 0.491 e. The first kappa shape index (κ1) is 13.9. The zero-order valence-corrected chi connectivity index (χ0v) is 12.6. The van der Waals surface area contributed by atoms with Gasteiger partial charge in [-0.05, 0) is 31.0 Å². The molecule has 5 nitrogen and oxygen atoms in total. The Kier molecular flexibility index (Phi) is 3.79. The molecule has 110 valence electrons. The summed E-state index contributed by atoms with van der Waals surface area (Å²) in [7, 11) is 0. The third-order valence-corrected chi connectivity index (χ3v) is 4.56. The highest BCUT2D eigenvalue weighted by Crippen LogP contribution is 2.32. The van der Waals surface area contributed by atoms with E-state index in [-0.39, 0.29) is 5.91 Å². The third kappa shape index (κ3) is 3.00. The molecule has 2 aromatic rings. The van der Waals surface area contributed by atoms with Crippen molar-refractivity contribution in [1.82, 2.24) is 4.98 Å². The van der Waals surface area contributed by atoms with Crippen molar-refractivity contribution in [2.75, 3.05) is 17.7 Å². The molecule has 0 unspecified atom stereocenters. The Balaban J connectivity index is 1.68. The lowest BCUT2D eigenvalue weighted by molar-refractivity contribution is -0.116. The van der Waals surface area contributed by atoms with Gasteiger partial charge in [0.1, 0.15) is 5.75 Å². The molecule has 0 spiro atoms. The van der Waals surface area contributed by atoms with Gasteiger partial charge < -0.3 is 15.8 Å². The fourth-order valence-electron chi connectivity index (χ4n) is 2.37. The lowest BCUT2D eigenvalue weighted by Crippen LogP contribution is -2.19. The number of thiazole rings is 1. The Morgan fingerprint density at radius 2 is 2.29 bits per heavy atom. The van der Waals surface area contributed by atoms with E-state index < -0.39 is 0 Å². The van der Waals surface area contributed by atoms with Crippen molar-refractivity contribution in [3.05, 3.63) is 33.8 Å². The molecular weight excluding hydrogens is 286 g/mol. The van der Waals surface area contributed by atoms with Crippen LogP contribution in [0.3, 0.4) is 0 Å². The maximum Gasteiger partial charge on any atom is 0.224 e. The average Bonchev–Trinajstić information content (AvgIpc) is 2.85. The minimum atomic E-state index is 0.0382. The van der Waals surface area contributed by atoms with E-state index in [1.54, 1.807) is 17.4 Å². The molecule has 1 aromatic carbocycles. The van der Waals surface area contributed by atoms with Gasteiger partial charge in [0.2, 0.25) is 5.91 Å². The minimum absolute atomic E-state index is 0.0382. The molecular formula is C15H17N3O2S. The number of carbonyl (C=O) groups is 1. The summed E-state index contributed by atoms with van der Waals surface area (Å²) in [5.41, 5.74) is 11.3. The Morgan fingerprint density at radius 3 is 3.05 bits per heavy atom. The SMILES string of the molecule is Cc1ncsc1CCOc1cc2c(cc1N)NC(=O)CC2. The number of rotatable bonds is 4. The molecule has 1 aliphatic heterocycles. The third-order valence-electron chi connectivity index (χ3n) is 3.56. The number of nitrogen functional groups attached to an aromatic ring is 1. The number of aromatic nitrogens is 1. The van der Waals surface area contributed by atoms with Gasteiger partial charge in [0, 0.05) is 23.4 Å². The number of nitrogens with two attached hydrogens (primary N) is 1. The molecule has 0 saturated carbocycles. The van der Waals surface area contributed by atoms with Crippen LogP contribution in [0, 0.1) is 6.92 Å². The van der Waals surface area contributed by atoms with E-state index in [0.717, 1.165) is 29.8 Å².